The van der Waals surface area contributed by atoms with Gasteiger partial charge in [0.1, 0.15) is 5.82 Å². The second-order valence-corrected chi connectivity index (χ2v) is 6.23. The first-order chi connectivity index (χ1) is 8.38. The highest BCUT2D eigenvalue weighted by Gasteiger charge is 2.26. The Kier molecular flexibility index (Phi) is 3.38. The number of rotatable bonds is 2. The summed E-state index contributed by atoms with van der Waals surface area (Å²) in [5.41, 5.74) is 0. The maximum atomic E-state index is 9.36. The highest BCUT2D eigenvalue weighted by molar-refractivity contribution is 7.99. The molecule has 1 saturated heterocycles. The van der Waals surface area contributed by atoms with Crippen LogP contribution in [0.5, 0.6) is 0 Å². The third-order valence-corrected chi connectivity index (χ3v) is 5.05. The lowest BCUT2D eigenvalue weighted by Crippen LogP contribution is -2.22. The van der Waals surface area contributed by atoms with Crippen molar-refractivity contribution < 1.29 is 5.11 Å². The average Bonchev–Trinajstić information content (AvgIpc) is 2.83. The van der Waals surface area contributed by atoms with Crippen LogP contribution in [0.2, 0.25) is 0 Å². The number of fused-ring (bicyclic) bond motifs is 1. The molecule has 0 aromatic carbocycles. The number of hydrogen-bond donors (Lipinski definition) is 1. The third-order valence-electron chi connectivity index (χ3n) is 3.68. The maximum absolute atomic E-state index is 9.36. The van der Waals surface area contributed by atoms with Crippen molar-refractivity contribution in [1.82, 2.24) is 14.8 Å². The Bertz CT molecular complexity index is 387. The first kappa shape index (κ1) is 11.5. The van der Waals surface area contributed by atoms with Gasteiger partial charge in [0.25, 0.3) is 0 Å². The molecule has 2 unspecified atom stereocenters. The molecule has 0 amide bonds. The van der Waals surface area contributed by atoms with E-state index in [4.69, 9.17) is 4.98 Å². The van der Waals surface area contributed by atoms with Crippen LogP contribution in [-0.4, -0.2) is 32.2 Å². The summed E-state index contributed by atoms with van der Waals surface area (Å²) in [6.45, 7) is 0.188. The predicted molar refractivity (Wildman–Crippen MR) is 68.1 cm³/mol. The van der Waals surface area contributed by atoms with Crippen molar-refractivity contribution in [2.45, 2.75) is 49.8 Å². The quantitative estimate of drug-likeness (QED) is 0.877. The van der Waals surface area contributed by atoms with E-state index in [2.05, 4.69) is 5.10 Å². The molecule has 0 aliphatic carbocycles. The zero-order valence-electron chi connectivity index (χ0n) is 10.0. The highest BCUT2D eigenvalue weighted by atomic mass is 32.2. The van der Waals surface area contributed by atoms with E-state index in [9.17, 15) is 5.11 Å². The van der Waals surface area contributed by atoms with Gasteiger partial charge in [-0.3, -0.25) is 0 Å². The summed E-state index contributed by atoms with van der Waals surface area (Å²) >= 11 is 1.99. The number of hydrogen-bond acceptors (Lipinski definition) is 4. The van der Waals surface area contributed by atoms with Crippen LogP contribution in [0.4, 0.5) is 0 Å². The van der Waals surface area contributed by atoms with E-state index in [0.29, 0.717) is 5.25 Å². The van der Waals surface area contributed by atoms with Crippen LogP contribution in [0.15, 0.2) is 0 Å². The number of aromatic nitrogens is 3. The van der Waals surface area contributed by atoms with Crippen molar-refractivity contribution in [3.05, 3.63) is 11.6 Å². The van der Waals surface area contributed by atoms with Crippen LogP contribution in [0, 0.1) is 0 Å². The van der Waals surface area contributed by atoms with Gasteiger partial charge in [0, 0.05) is 6.42 Å². The Labute approximate surface area is 106 Å². The highest BCUT2D eigenvalue weighted by Crippen LogP contribution is 2.37. The smallest absolute Gasteiger partial charge is 0.163 e. The normalized spacial score (nSPS) is 29.0. The minimum atomic E-state index is 0.161. The van der Waals surface area contributed by atoms with E-state index < -0.39 is 0 Å². The van der Waals surface area contributed by atoms with Crippen LogP contribution in [0.25, 0.3) is 0 Å². The summed E-state index contributed by atoms with van der Waals surface area (Å²) in [5, 5.41) is 14.5. The van der Waals surface area contributed by atoms with Crippen molar-refractivity contribution >= 4 is 11.8 Å². The number of aliphatic hydroxyl groups is 1. The molecule has 2 aliphatic rings. The Balaban J connectivity index is 1.84. The van der Waals surface area contributed by atoms with Gasteiger partial charge in [-0.25, -0.2) is 9.67 Å². The molecule has 1 fully saturated rings. The predicted octanol–water partition coefficient (Wildman–Crippen LogP) is 2.11. The molecule has 1 aromatic rings. The lowest BCUT2D eigenvalue weighted by Gasteiger charge is -2.21. The summed E-state index contributed by atoms with van der Waals surface area (Å²) in [7, 11) is 0. The van der Waals surface area contributed by atoms with Crippen molar-refractivity contribution in [3.8, 4) is 0 Å². The molecule has 0 radical (unpaired) electrons. The summed E-state index contributed by atoms with van der Waals surface area (Å²) < 4.78 is 1.98. The van der Waals surface area contributed by atoms with Gasteiger partial charge < -0.3 is 5.11 Å². The van der Waals surface area contributed by atoms with Gasteiger partial charge in [-0.15, -0.1) is 0 Å². The van der Waals surface area contributed by atoms with E-state index in [1.165, 1.54) is 25.0 Å². The molecular formula is C12H19N3OS. The minimum Gasteiger partial charge on any atom is -0.394 e. The van der Waals surface area contributed by atoms with E-state index in [-0.39, 0.29) is 12.6 Å². The van der Waals surface area contributed by atoms with Gasteiger partial charge in [-0.05, 0) is 31.4 Å². The van der Waals surface area contributed by atoms with Crippen LogP contribution in [0.1, 0.15) is 55.0 Å². The maximum Gasteiger partial charge on any atom is 0.163 e. The Morgan fingerprint density at radius 2 is 2.24 bits per heavy atom. The fraction of sp³-hybridized carbons (Fsp3) is 0.833. The molecule has 2 atom stereocenters. The van der Waals surface area contributed by atoms with Crippen LogP contribution in [0.3, 0.4) is 0 Å². The van der Waals surface area contributed by atoms with Gasteiger partial charge in [0.15, 0.2) is 5.82 Å². The lowest BCUT2D eigenvalue weighted by atomic mass is 10.1. The molecule has 94 valence electrons. The van der Waals surface area contributed by atoms with E-state index in [0.717, 1.165) is 30.9 Å². The summed E-state index contributed by atoms with van der Waals surface area (Å²) in [5.74, 6) is 3.32. The monoisotopic (exact) mass is 253 g/mol. The zero-order chi connectivity index (χ0) is 11.7. The molecular weight excluding hydrogens is 234 g/mol. The zero-order valence-corrected chi connectivity index (χ0v) is 10.8. The first-order valence-corrected chi connectivity index (χ1v) is 7.61. The average molecular weight is 253 g/mol. The largest absolute Gasteiger partial charge is 0.394 e. The summed E-state index contributed by atoms with van der Waals surface area (Å²) in [6, 6.07) is 0.161. The minimum absolute atomic E-state index is 0.161. The molecule has 17 heavy (non-hydrogen) atoms. The molecule has 2 aliphatic heterocycles. The van der Waals surface area contributed by atoms with Gasteiger partial charge >= 0.3 is 0 Å². The molecule has 1 aromatic heterocycles. The fourth-order valence-corrected chi connectivity index (χ4v) is 3.94. The van der Waals surface area contributed by atoms with E-state index in [1.807, 2.05) is 16.4 Å². The molecule has 5 heteroatoms. The van der Waals surface area contributed by atoms with Crippen molar-refractivity contribution in [3.63, 3.8) is 0 Å². The Morgan fingerprint density at radius 3 is 3.00 bits per heavy atom. The number of nitrogens with zero attached hydrogens (tertiary/aromatic N) is 3. The molecule has 3 heterocycles. The molecule has 0 bridgehead atoms. The standard InChI is InChI=1S/C12H19N3OS/c16-8-9-4-3-6-11-13-12(14-15(9)11)10-5-1-2-7-17-10/h9-10,16H,1-8H2. The summed E-state index contributed by atoms with van der Waals surface area (Å²) in [4.78, 5) is 4.69. The molecule has 0 saturated carbocycles. The van der Waals surface area contributed by atoms with Gasteiger partial charge in [-0.1, -0.05) is 6.42 Å². The van der Waals surface area contributed by atoms with Gasteiger partial charge in [0.05, 0.1) is 17.9 Å². The van der Waals surface area contributed by atoms with Crippen molar-refractivity contribution in [2.75, 3.05) is 12.4 Å². The number of thioether (sulfide) groups is 1. The Morgan fingerprint density at radius 1 is 1.29 bits per heavy atom. The molecule has 0 spiro atoms. The SMILES string of the molecule is OCC1CCCc2nc(C3CCCCS3)nn21. The lowest BCUT2D eigenvalue weighted by molar-refractivity contribution is 0.194. The number of aliphatic hydroxyl groups excluding tert-OH is 1. The summed E-state index contributed by atoms with van der Waals surface area (Å²) in [6.07, 6.45) is 7.00. The molecule has 4 nitrogen and oxygen atoms in total. The number of aryl methyl sites for hydroxylation is 1. The van der Waals surface area contributed by atoms with Crippen LogP contribution < -0.4 is 0 Å². The Hall–Kier alpha value is -0.550. The fourth-order valence-electron chi connectivity index (χ4n) is 2.70. The second kappa shape index (κ2) is 4.98. The van der Waals surface area contributed by atoms with Crippen LogP contribution in [-0.2, 0) is 6.42 Å². The van der Waals surface area contributed by atoms with Crippen molar-refractivity contribution in [1.29, 1.82) is 0 Å². The topological polar surface area (TPSA) is 50.9 Å². The van der Waals surface area contributed by atoms with E-state index >= 15 is 0 Å². The van der Waals surface area contributed by atoms with Gasteiger partial charge in [-0.2, -0.15) is 16.9 Å². The van der Waals surface area contributed by atoms with E-state index in [1.54, 1.807) is 0 Å². The molecule has 1 N–H and O–H groups in total. The van der Waals surface area contributed by atoms with Crippen molar-refractivity contribution in [2.24, 2.45) is 0 Å². The third kappa shape index (κ3) is 2.22. The van der Waals surface area contributed by atoms with Crippen LogP contribution >= 0.6 is 11.8 Å². The molecule has 3 rings (SSSR count). The first-order valence-electron chi connectivity index (χ1n) is 6.56. The van der Waals surface area contributed by atoms with Gasteiger partial charge in [0.2, 0.25) is 0 Å². The second-order valence-electron chi connectivity index (χ2n) is 4.91.